The quantitative estimate of drug-likeness (QED) is 0.786. The average molecular weight is 362 g/mol. The van der Waals surface area contributed by atoms with Gasteiger partial charge < -0.3 is 0 Å². The largest absolute Gasteiger partial charge is 0.286 e. The SMILES string of the molecule is Cc1c(S(N)(=O)=O)sc(C(=O)NOCc2cccnc2)c1Cl. The van der Waals surface area contributed by atoms with Crippen LogP contribution in [-0.4, -0.2) is 19.3 Å². The van der Waals surface area contributed by atoms with E-state index in [9.17, 15) is 13.2 Å². The van der Waals surface area contributed by atoms with Crippen molar-refractivity contribution >= 4 is 38.9 Å². The Morgan fingerprint density at radius 3 is 2.82 bits per heavy atom. The highest BCUT2D eigenvalue weighted by molar-refractivity contribution is 7.91. The molecule has 0 unspecified atom stereocenters. The topological polar surface area (TPSA) is 111 Å². The molecule has 0 saturated heterocycles. The van der Waals surface area contributed by atoms with E-state index in [1.54, 1.807) is 24.5 Å². The third-order valence-corrected chi connectivity index (χ3v) is 6.06. The molecular formula is C12H12ClN3O4S2. The lowest BCUT2D eigenvalue weighted by atomic mass is 10.3. The van der Waals surface area contributed by atoms with E-state index in [4.69, 9.17) is 21.6 Å². The van der Waals surface area contributed by atoms with Crippen LogP contribution in [0.25, 0.3) is 0 Å². The summed E-state index contributed by atoms with van der Waals surface area (Å²) in [6.07, 6.45) is 3.21. The summed E-state index contributed by atoms with van der Waals surface area (Å²) in [5.74, 6) is -0.642. The number of primary sulfonamides is 1. The van der Waals surface area contributed by atoms with Gasteiger partial charge >= 0.3 is 0 Å². The molecule has 0 aromatic carbocycles. The summed E-state index contributed by atoms with van der Waals surface area (Å²) in [5, 5.41) is 5.11. The van der Waals surface area contributed by atoms with Crippen LogP contribution in [0.15, 0.2) is 28.7 Å². The first-order chi connectivity index (χ1) is 10.3. The third kappa shape index (κ3) is 3.81. The van der Waals surface area contributed by atoms with Crippen LogP contribution in [-0.2, 0) is 21.5 Å². The second kappa shape index (κ2) is 6.71. The van der Waals surface area contributed by atoms with E-state index in [1.165, 1.54) is 6.92 Å². The Morgan fingerprint density at radius 2 is 2.27 bits per heavy atom. The fourth-order valence-corrected chi connectivity index (χ4v) is 4.08. The van der Waals surface area contributed by atoms with Gasteiger partial charge in [-0.05, 0) is 24.1 Å². The first-order valence-corrected chi connectivity index (χ1v) is 8.67. The fourth-order valence-electron chi connectivity index (χ4n) is 1.61. The molecule has 0 aliphatic rings. The molecule has 3 N–H and O–H groups in total. The zero-order chi connectivity index (χ0) is 16.3. The second-order valence-electron chi connectivity index (χ2n) is 4.28. The van der Waals surface area contributed by atoms with Crippen molar-refractivity contribution in [2.24, 2.45) is 5.14 Å². The lowest BCUT2D eigenvalue weighted by Gasteiger charge is -2.04. The maximum absolute atomic E-state index is 12.0. The predicted octanol–water partition coefficient (Wildman–Crippen LogP) is 1.61. The number of carbonyl (C=O) groups excluding carboxylic acids is 1. The highest BCUT2D eigenvalue weighted by Gasteiger charge is 2.24. The van der Waals surface area contributed by atoms with E-state index in [1.807, 2.05) is 0 Å². The molecular weight excluding hydrogens is 350 g/mol. The van der Waals surface area contributed by atoms with Crippen molar-refractivity contribution in [1.29, 1.82) is 0 Å². The second-order valence-corrected chi connectivity index (χ2v) is 7.44. The molecule has 0 aliphatic carbocycles. The van der Waals surface area contributed by atoms with Gasteiger partial charge in [-0.25, -0.2) is 19.0 Å². The van der Waals surface area contributed by atoms with Gasteiger partial charge in [-0.1, -0.05) is 17.7 Å². The molecule has 0 atom stereocenters. The van der Waals surface area contributed by atoms with Crippen LogP contribution in [0, 0.1) is 6.92 Å². The van der Waals surface area contributed by atoms with Gasteiger partial charge in [-0.15, -0.1) is 11.3 Å². The molecule has 0 bridgehead atoms. The Morgan fingerprint density at radius 1 is 1.55 bits per heavy atom. The first kappa shape index (κ1) is 16.8. The normalized spacial score (nSPS) is 11.4. The molecule has 0 saturated carbocycles. The summed E-state index contributed by atoms with van der Waals surface area (Å²) in [6, 6.07) is 3.51. The molecule has 22 heavy (non-hydrogen) atoms. The number of carbonyl (C=O) groups is 1. The van der Waals surface area contributed by atoms with Crippen LogP contribution in [0.4, 0.5) is 0 Å². The van der Waals surface area contributed by atoms with Gasteiger partial charge in [0.15, 0.2) is 0 Å². The summed E-state index contributed by atoms with van der Waals surface area (Å²) in [4.78, 5) is 21.0. The minimum atomic E-state index is -3.93. The number of hydroxylamine groups is 1. The van der Waals surface area contributed by atoms with Crippen LogP contribution in [0.5, 0.6) is 0 Å². The van der Waals surface area contributed by atoms with Crippen LogP contribution in [0.1, 0.15) is 20.8 Å². The summed E-state index contributed by atoms with van der Waals surface area (Å²) in [5.41, 5.74) is 3.21. The Bertz CT molecular complexity index is 790. The average Bonchev–Trinajstić information content (AvgIpc) is 2.76. The monoisotopic (exact) mass is 361 g/mol. The van der Waals surface area contributed by atoms with Crippen LogP contribution in [0.2, 0.25) is 5.02 Å². The number of amides is 1. The van der Waals surface area contributed by atoms with Crippen molar-refractivity contribution in [1.82, 2.24) is 10.5 Å². The van der Waals surface area contributed by atoms with E-state index >= 15 is 0 Å². The molecule has 0 fully saturated rings. The third-order valence-electron chi connectivity index (χ3n) is 2.62. The van der Waals surface area contributed by atoms with Gasteiger partial charge in [0.05, 0.1) is 5.02 Å². The van der Waals surface area contributed by atoms with E-state index in [0.29, 0.717) is 11.3 Å². The van der Waals surface area contributed by atoms with E-state index in [2.05, 4.69) is 10.5 Å². The zero-order valence-electron chi connectivity index (χ0n) is 11.4. The minimum Gasteiger partial charge on any atom is -0.269 e. The number of nitrogens with two attached hydrogens (primary N) is 1. The van der Waals surface area contributed by atoms with Gasteiger partial charge in [0, 0.05) is 12.4 Å². The van der Waals surface area contributed by atoms with Gasteiger partial charge in [0.2, 0.25) is 10.0 Å². The number of nitrogens with one attached hydrogen (secondary N) is 1. The minimum absolute atomic E-state index is 0.0226. The Hall–Kier alpha value is -1.52. The molecule has 0 radical (unpaired) electrons. The highest BCUT2D eigenvalue weighted by atomic mass is 35.5. The standard InChI is InChI=1S/C12H12ClN3O4S2/c1-7-9(13)10(21-12(7)22(14,18)19)11(17)16-20-6-8-3-2-4-15-5-8/h2-5H,6H2,1H3,(H,16,17)(H2,14,18,19). The molecule has 1 amide bonds. The van der Waals surface area contributed by atoms with Crippen molar-refractivity contribution in [3.05, 3.63) is 45.6 Å². The van der Waals surface area contributed by atoms with E-state index < -0.39 is 15.9 Å². The molecule has 2 aromatic rings. The number of rotatable bonds is 5. The van der Waals surface area contributed by atoms with Gasteiger partial charge in [0.25, 0.3) is 5.91 Å². The number of sulfonamides is 1. The zero-order valence-corrected chi connectivity index (χ0v) is 13.8. The van der Waals surface area contributed by atoms with Crippen molar-refractivity contribution in [2.45, 2.75) is 17.7 Å². The van der Waals surface area contributed by atoms with Crippen molar-refractivity contribution in [2.75, 3.05) is 0 Å². The number of aromatic nitrogens is 1. The van der Waals surface area contributed by atoms with Gasteiger partial charge in [-0.3, -0.25) is 14.6 Å². The molecule has 2 rings (SSSR count). The maximum atomic E-state index is 12.0. The van der Waals surface area contributed by atoms with E-state index in [-0.39, 0.29) is 26.3 Å². The molecule has 0 spiro atoms. The molecule has 118 valence electrons. The Kier molecular flexibility index (Phi) is 5.14. The number of pyridine rings is 1. The molecule has 7 nitrogen and oxygen atoms in total. The van der Waals surface area contributed by atoms with Crippen LogP contribution >= 0.6 is 22.9 Å². The van der Waals surface area contributed by atoms with E-state index in [0.717, 1.165) is 5.56 Å². The first-order valence-electron chi connectivity index (χ1n) is 5.93. The smallest absolute Gasteiger partial charge is 0.269 e. The summed E-state index contributed by atoms with van der Waals surface area (Å²) in [6.45, 7) is 1.59. The molecule has 10 heteroatoms. The number of thiophene rings is 1. The lowest BCUT2D eigenvalue weighted by Crippen LogP contribution is -2.23. The number of hydrogen-bond acceptors (Lipinski definition) is 6. The van der Waals surface area contributed by atoms with Crippen molar-refractivity contribution in [3.8, 4) is 0 Å². The lowest BCUT2D eigenvalue weighted by molar-refractivity contribution is 0.0236. The van der Waals surface area contributed by atoms with Crippen LogP contribution in [0.3, 0.4) is 0 Å². The highest BCUT2D eigenvalue weighted by Crippen LogP contribution is 2.34. The van der Waals surface area contributed by atoms with Crippen molar-refractivity contribution in [3.63, 3.8) is 0 Å². The van der Waals surface area contributed by atoms with Crippen LogP contribution < -0.4 is 10.6 Å². The van der Waals surface area contributed by atoms with Gasteiger partial charge in [-0.2, -0.15) is 0 Å². The number of halogens is 1. The molecule has 2 heterocycles. The Balaban J connectivity index is 2.07. The molecule has 0 aliphatic heterocycles. The van der Waals surface area contributed by atoms with Gasteiger partial charge in [0.1, 0.15) is 15.7 Å². The maximum Gasteiger partial charge on any atom is 0.286 e. The number of hydrogen-bond donors (Lipinski definition) is 2. The summed E-state index contributed by atoms with van der Waals surface area (Å²) < 4.78 is 22.7. The summed E-state index contributed by atoms with van der Waals surface area (Å²) >= 11 is 6.67. The summed E-state index contributed by atoms with van der Waals surface area (Å²) in [7, 11) is -3.93. The Labute approximate surface area is 136 Å². The molecule has 2 aromatic heterocycles. The predicted molar refractivity (Wildman–Crippen MR) is 81.9 cm³/mol. The fraction of sp³-hybridized carbons (Fsp3) is 0.167. The van der Waals surface area contributed by atoms with Crippen molar-refractivity contribution < 1.29 is 18.0 Å². The number of nitrogens with zero attached hydrogens (tertiary/aromatic N) is 1.